The zero-order chi connectivity index (χ0) is 13.9. The van der Waals surface area contributed by atoms with Gasteiger partial charge in [-0.3, -0.25) is 0 Å². The van der Waals surface area contributed by atoms with Crippen LogP contribution in [0.15, 0.2) is 60.9 Å². The molecule has 1 aromatic heterocycles. The number of hydrogen-bond acceptors (Lipinski definition) is 2. The van der Waals surface area contributed by atoms with Crippen molar-refractivity contribution >= 4 is 17.3 Å². The smallest absolute Gasteiger partial charge is 0.140 e. The van der Waals surface area contributed by atoms with E-state index in [4.69, 9.17) is 17.3 Å². The lowest BCUT2D eigenvalue weighted by Crippen LogP contribution is -2.02. The summed E-state index contributed by atoms with van der Waals surface area (Å²) in [5.41, 5.74) is 8.63. The Balaban J connectivity index is 1.97. The zero-order valence-corrected chi connectivity index (χ0v) is 11.6. The molecule has 3 rings (SSSR count). The Morgan fingerprint density at radius 1 is 1.10 bits per heavy atom. The van der Waals surface area contributed by atoms with Crippen molar-refractivity contribution in [1.82, 2.24) is 9.55 Å². The molecule has 1 heterocycles. The topological polar surface area (TPSA) is 43.8 Å². The van der Waals surface area contributed by atoms with Crippen LogP contribution in [0.25, 0.3) is 11.4 Å². The molecule has 0 aliphatic carbocycles. The van der Waals surface area contributed by atoms with E-state index in [2.05, 4.69) is 9.55 Å². The van der Waals surface area contributed by atoms with Crippen molar-refractivity contribution in [1.29, 1.82) is 0 Å². The Morgan fingerprint density at radius 2 is 1.95 bits per heavy atom. The van der Waals surface area contributed by atoms with Gasteiger partial charge in [0.2, 0.25) is 0 Å². The molecule has 0 saturated carbocycles. The third-order valence-electron chi connectivity index (χ3n) is 3.16. The predicted octanol–water partition coefficient (Wildman–Crippen LogP) is 3.83. The lowest BCUT2D eigenvalue weighted by atomic mass is 10.2. The lowest BCUT2D eigenvalue weighted by Gasteiger charge is -2.09. The number of aromatic nitrogens is 2. The van der Waals surface area contributed by atoms with Gasteiger partial charge in [0.25, 0.3) is 0 Å². The molecule has 0 bridgehead atoms. The van der Waals surface area contributed by atoms with E-state index < -0.39 is 0 Å². The molecule has 100 valence electrons. The highest BCUT2D eigenvalue weighted by molar-refractivity contribution is 6.31. The summed E-state index contributed by atoms with van der Waals surface area (Å²) in [6.45, 7) is 0.684. The van der Waals surface area contributed by atoms with Gasteiger partial charge in [-0.1, -0.05) is 41.9 Å². The van der Waals surface area contributed by atoms with Crippen molar-refractivity contribution in [2.45, 2.75) is 6.54 Å². The van der Waals surface area contributed by atoms with E-state index in [1.807, 2.05) is 54.7 Å². The molecule has 0 spiro atoms. The fourth-order valence-electron chi connectivity index (χ4n) is 2.19. The number of halogens is 1. The minimum atomic E-state index is 0.684. The maximum Gasteiger partial charge on any atom is 0.140 e. The van der Waals surface area contributed by atoms with Crippen molar-refractivity contribution in [2.24, 2.45) is 0 Å². The minimum absolute atomic E-state index is 0.684. The molecule has 0 radical (unpaired) electrons. The van der Waals surface area contributed by atoms with Crippen LogP contribution in [0, 0.1) is 0 Å². The average Bonchev–Trinajstić information content (AvgIpc) is 2.90. The van der Waals surface area contributed by atoms with Crippen LogP contribution in [-0.4, -0.2) is 9.55 Å². The molecule has 2 aromatic carbocycles. The second-order valence-corrected chi connectivity index (χ2v) is 5.00. The number of nitrogen functional groups attached to an aromatic ring is 1. The SMILES string of the molecule is Nc1cccc(-c2nccn2Cc2ccccc2Cl)c1. The maximum atomic E-state index is 6.21. The second kappa shape index (κ2) is 5.39. The molecule has 0 aliphatic heterocycles. The molecule has 3 nitrogen and oxygen atoms in total. The van der Waals surface area contributed by atoms with Crippen LogP contribution in [0.3, 0.4) is 0 Å². The molecule has 2 N–H and O–H groups in total. The molecular formula is C16H14ClN3. The largest absolute Gasteiger partial charge is 0.399 e. The number of imidazole rings is 1. The van der Waals surface area contributed by atoms with Crippen LogP contribution in [0.2, 0.25) is 5.02 Å². The van der Waals surface area contributed by atoms with Gasteiger partial charge < -0.3 is 10.3 Å². The highest BCUT2D eigenvalue weighted by Crippen LogP contribution is 2.22. The lowest BCUT2D eigenvalue weighted by molar-refractivity contribution is 0.807. The monoisotopic (exact) mass is 283 g/mol. The van der Waals surface area contributed by atoms with E-state index in [0.717, 1.165) is 27.7 Å². The van der Waals surface area contributed by atoms with E-state index in [1.54, 1.807) is 6.20 Å². The quantitative estimate of drug-likeness (QED) is 0.742. The summed E-state index contributed by atoms with van der Waals surface area (Å²) in [5.74, 6) is 0.886. The fourth-order valence-corrected chi connectivity index (χ4v) is 2.38. The summed E-state index contributed by atoms with van der Waals surface area (Å²) in [7, 11) is 0. The van der Waals surface area contributed by atoms with Crippen molar-refractivity contribution in [2.75, 3.05) is 5.73 Å². The zero-order valence-electron chi connectivity index (χ0n) is 10.8. The van der Waals surface area contributed by atoms with Gasteiger partial charge in [0.1, 0.15) is 5.82 Å². The number of rotatable bonds is 3. The standard InChI is InChI=1S/C16H14ClN3/c17-15-7-2-1-4-13(15)11-20-9-8-19-16(20)12-5-3-6-14(18)10-12/h1-10H,11,18H2. The Bertz CT molecular complexity index is 734. The van der Waals surface area contributed by atoms with Gasteiger partial charge in [0.15, 0.2) is 0 Å². The third-order valence-corrected chi connectivity index (χ3v) is 3.53. The van der Waals surface area contributed by atoms with Gasteiger partial charge >= 0.3 is 0 Å². The van der Waals surface area contributed by atoms with Crippen molar-refractivity contribution in [3.8, 4) is 11.4 Å². The van der Waals surface area contributed by atoms with Gasteiger partial charge in [-0.2, -0.15) is 0 Å². The Labute approximate surface area is 122 Å². The first kappa shape index (κ1) is 12.8. The third kappa shape index (κ3) is 2.53. The summed E-state index contributed by atoms with van der Waals surface area (Å²) >= 11 is 6.21. The van der Waals surface area contributed by atoms with Crippen LogP contribution >= 0.6 is 11.6 Å². The number of hydrogen-bond donors (Lipinski definition) is 1. The average molecular weight is 284 g/mol. The van der Waals surface area contributed by atoms with E-state index in [9.17, 15) is 0 Å². The second-order valence-electron chi connectivity index (χ2n) is 4.60. The highest BCUT2D eigenvalue weighted by Gasteiger charge is 2.08. The molecule has 0 atom stereocenters. The first-order valence-electron chi connectivity index (χ1n) is 6.34. The molecule has 3 aromatic rings. The Hall–Kier alpha value is -2.26. The summed E-state index contributed by atoms with van der Waals surface area (Å²) < 4.78 is 2.07. The first-order valence-corrected chi connectivity index (χ1v) is 6.72. The van der Waals surface area contributed by atoms with Crippen LogP contribution in [0.4, 0.5) is 5.69 Å². The van der Waals surface area contributed by atoms with Gasteiger partial charge in [-0.15, -0.1) is 0 Å². The van der Waals surface area contributed by atoms with E-state index in [-0.39, 0.29) is 0 Å². The van der Waals surface area contributed by atoms with Gasteiger partial charge in [-0.05, 0) is 23.8 Å². The van der Waals surface area contributed by atoms with E-state index >= 15 is 0 Å². The molecule has 20 heavy (non-hydrogen) atoms. The van der Waals surface area contributed by atoms with Crippen LogP contribution in [-0.2, 0) is 6.54 Å². The molecule has 0 fully saturated rings. The normalized spacial score (nSPS) is 10.7. The number of nitrogens with zero attached hydrogens (tertiary/aromatic N) is 2. The van der Waals surface area contributed by atoms with E-state index in [0.29, 0.717) is 6.54 Å². The molecule has 0 amide bonds. The molecular weight excluding hydrogens is 270 g/mol. The van der Waals surface area contributed by atoms with Crippen LogP contribution in [0.5, 0.6) is 0 Å². The van der Waals surface area contributed by atoms with Crippen molar-refractivity contribution in [3.63, 3.8) is 0 Å². The number of anilines is 1. The van der Waals surface area contributed by atoms with Crippen molar-refractivity contribution in [3.05, 3.63) is 71.5 Å². The van der Waals surface area contributed by atoms with Crippen LogP contribution in [0.1, 0.15) is 5.56 Å². The fraction of sp³-hybridized carbons (Fsp3) is 0.0625. The van der Waals surface area contributed by atoms with Gasteiger partial charge in [-0.25, -0.2) is 4.98 Å². The van der Waals surface area contributed by atoms with Gasteiger partial charge in [0, 0.05) is 28.7 Å². The van der Waals surface area contributed by atoms with Gasteiger partial charge in [0.05, 0.1) is 6.54 Å². The Kier molecular flexibility index (Phi) is 3.44. The maximum absolute atomic E-state index is 6.21. The molecule has 0 aliphatic rings. The number of nitrogens with two attached hydrogens (primary N) is 1. The minimum Gasteiger partial charge on any atom is -0.399 e. The summed E-state index contributed by atoms with van der Waals surface area (Å²) in [5, 5.41) is 0.764. The van der Waals surface area contributed by atoms with Crippen LogP contribution < -0.4 is 5.73 Å². The Morgan fingerprint density at radius 3 is 2.75 bits per heavy atom. The first-order chi connectivity index (χ1) is 9.74. The molecule has 0 unspecified atom stereocenters. The predicted molar refractivity (Wildman–Crippen MR) is 82.6 cm³/mol. The summed E-state index contributed by atoms with van der Waals surface area (Å²) in [6, 6.07) is 15.5. The summed E-state index contributed by atoms with van der Waals surface area (Å²) in [4.78, 5) is 4.42. The number of benzene rings is 2. The highest BCUT2D eigenvalue weighted by atomic mass is 35.5. The summed E-state index contributed by atoms with van der Waals surface area (Å²) in [6.07, 6.45) is 3.73. The van der Waals surface area contributed by atoms with Crippen molar-refractivity contribution < 1.29 is 0 Å². The van der Waals surface area contributed by atoms with E-state index in [1.165, 1.54) is 0 Å². The molecule has 0 saturated heterocycles. The molecule has 4 heteroatoms.